The lowest BCUT2D eigenvalue weighted by Crippen LogP contribution is -2.36. The fraction of sp³-hybridized carbons (Fsp3) is 0.462. The number of carbonyl (C=O) groups is 2. The minimum absolute atomic E-state index is 0.0292. The molecule has 2 heterocycles. The number of pyridine rings is 1. The predicted molar refractivity (Wildman–Crippen MR) is 68.3 cm³/mol. The van der Waals surface area contributed by atoms with Crippen LogP contribution in [-0.4, -0.2) is 53.0 Å². The maximum atomic E-state index is 11.7. The number of hydrogen-bond acceptors (Lipinski definition) is 4. The molecule has 1 aromatic heterocycles. The molecule has 19 heavy (non-hydrogen) atoms. The van der Waals surface area contributed by atoms with Crippen molar-refractivity contribution in [3.8, 4) is 0 Å². The van der Waals surface area contributed by atoms with Gasteiger partial charge in [-0.15, -0.1) is 0 Å². The summed E-state index contributed by atoms with van der Waals surface area (Å²) in [5, 5.41) is 11.8. The molecule has 1 atom stereocenters. The molecule has 2 N–H and O–H groups in total. The van der Waals surface area contributed by atoms with Crippen LogP contribution in [0, 0.1) is 5.92 Å². The molecule has 2 rings (SSSR count). The minimum Gasteiger partial charge on any atom is -0.396 e. The third kappa shape index (κ3) is 3.51. The Bertz CT molecular complexity index is 450. The van der Waals surface area contributed by atoms with E-state index in [1.807, 2.05) is 0 Å². The molecule has 1 aliphatic heterocycles. The van der Waals surface area contributed by atoms with E-state index in [-0.39, 0.29) is 24.3 Å². The molecule has 1 aliphatic rings. The number of aliphatic hydroxyl groups is 1. The molecular formula is C13H17N3O3. The second kappa shape index (κ2) is 6.29. The van der Waals surface area contributed by atoms with Crippen molar-refractivity contribution in [3.63, 3.8) is 0 Å². The van der Waals surface area contributed by atoms with Gasteiger partial charge < -0.3 is 15.3 Å². The fourth-order valence-electron chi connectivity index (χ4n) is 2.10. The summed E-state index contributed by atoms with van der Waals surface area (Å²) in [6.45, 7) is 1.47. The number of nitrogens with zero attached hydrogens (tertiary/aromatic N) is 2. The van der Waals surface area contributed by atoms with E-state index in [0.717, 1.165) is 0 Å². The summed E-state index contributed by atoms with van der Waals surface area (Å²) >= 11 is 0. The third-order valence-electron chi connectivity index (χ3n) is 3.14. The molecule has 102 valence electrons. The van der Waals surface area contributed by atoms with Crippen LogP contribution in [0.2, 0.25) is 0 Å². The van der Waals surface area contributed by atoms with Crippen molar-refractivity contribution in [2.45, 2.75) is 6.42 Å². The predicted octanol–water partition coefficient (Wildman–Crippen LogP) is -0.348. The average molecular weight is 263 g/mol. The van der Waals surface area contributed by atoms with Gasteiger partial charge >= 0.3 is 0 Å². The van der Waals surface area contributed by atoms with Crippen LogP contribution < -0.4 is 5.32 Å². The van der Waals surface area contributed by atoms with Crippen LogP contribution in [0.5, 0.6) is 0 Å². The summed E-state index contributed by atoms with van der Waals surface area (Å²) in [6, 6.07) is 3.38. The first kappa shape index (κ1) is 13.5. The highest BCUT2D eigenvalue weighted by Gasteiger charge is 2.28. The van der Waals surface area contributed by atoms with Gasteiger partial charge in [0.2, 0.25) is 5.91 Å². The Hall–Kier alpha value is -1.95. The van der Waals surface area contributed by atoms with Crippen molar-refractivity contribution in [1.82, 2.24) is 15.2 Å². The SMILES string of the molecule is O=C(NCCN1CC(CO)CC1=O)c1cccnc1. The topological polar surface area (TPSA) is 82.5 Å². The van der Waals surface area contributed by atoms with E-state index < -0.39 is 0 Å². The molecular weight excluding hydrogens is 246 g/mol. The maximum absolute atomic E-state index is 11.7. The summed E-state index contributed by atoms with van der Waals surface area (Å²) in [4.78, 5) is 28.8. The monoisotopic (exact) mass is 263 g/mol. The Kier molecular flexibility index (Phi) is 4.46. The zero-order valence-corrected chi connectivity index (χ0v) is 10.6. The van der Waals surface area contributed by atoms with E-state index >= 15 is 0 Å². The Morgan fingerprint density at radius 1 is 1.58 bits per heavy atom. The molecule has 6 heteroatoms. The number of nitrogens with one attached hydrogen (secondary N) is 1. The first-order chi connectivity index (χ1) is 9.20. The van der Waals surface area contributed by atoms with Gasteiger partial charge in [-0.2, -0.15) is 0 Å². The van der Waals surface area contributed by atoms with E-state index in [1.165, 1.54) is 6.20 Å². The number of hydrogen-bond donors (Lipinski definition) is 2. The van der Waals surface area contributed by atoms with Gasteiger partial charge in [0.15, 0.2) is 0 Å². The first-order valence-electron chi connectivity index (χ1n) is 6.27. The van der Waals surface area contributed by atoms with Crippen LogP contribution in [0.3, 0.4) is 0 Å². The zero-order valence-electron chi connectivity index (χ0n) is 10.6. The van der Waals surface area contributed by atoms with Crippen molar-refractivity contribution in [2.75, 3.05) is 26.2 Å². The van der Waals surface area contributed by atoms with Gasteiger partial charge in [-0.1, -0.05) is 0 Å². The lowest BCUT2D eigenvalue weighted by atomic mass is 10.1. The quantitative estimate of drug-likeness (QED) is 0.761. The second-order valence-electron chi connectivity index (χ2n) is 4.59. The van der Waals surface area contributed by atoms with E-state index in [2.05, 4.69) is 10.3 Å². The lowest BCUT2D eigenvalue weighted by molar-refractivity contribution is -0.127. The molecule has 0 radical (unpaired) electrons. The third-order valence-corrected chi connectivity index (χ3v) is 3.14. The summed E-state index contributed by atoms with van der Waals surface area (Å²) in [7, 11) is 0. The molecule has 6 nitrogen and oxygen atoms in total. The summed E-state index contributed by atoms with van der Waals surface area (Å²) < 4.78 is 0. The van der Waals surface area contributed by atoms with Crippen LogP contribution >= 0.6 is 0 Å². The van der Waals surface area contributed by atoms with E-state index in [4.69, 9.17) is 5.11 Å². The Balaban J connectivity index is 1.75. The molecule has 2 amide bonds. The molecule has 0 spiro atoms. The van der Waals surface area contributed by atoms with E-state index in [1.54, 1.807) is 23.2 Å². The average Bonchev–Trinajstić information content (AvgIpc) is 2.80. The fourth-order valence-corrected chi connectivity index (χ4v) is 2.10. The summed E-state index contributed by atoms with van der Waals surface area (Å²) in [5.74, 6) is -0.130. The largest absolute Gasteiger partial charge is 0.396 e. The number of rotatable bonds is 5. The highest BCUT2D eigenvalue weighted by molar-refractivity contribution is 5.93. The standard InChI is InChI=1S/C13H17N3O3/c17-9-10-6-12(18)16(8-10)5-4-15-13(19)11-2-1-3-14-7-11/h1-3,7,10,17H,4-6,8-9H2,(H,15,19). The van der Waals surface area contributed by atoms with Crippen molar-refractivity contribution < 1.29 is 14.7 Å². The summed E-state index contributed by atoms with van der Waals surface area (Å²) in [5.41, 5.74) is 0.503. The van der Waals surface area contributed by atoms with Crippen molar-refractivity contribution in [1.29, 1.82) is 0 Å². The smallest absolute Gasteiger partial charge is 0.252 e. The normalized spacial score (nSPS) is 18.7. The minimum atomic E-state index is -0.196. The highest BCUT2D eigenvalue weighted by Crippen LogP contribution is 2.16. The van der Waals surface area contributed by atoms with Gasteiger partial charge in [0.25, 0.3) is 5.91 Å². The molecule has 0 aromatic carbocycles. The molecule has 0 saturated carbocycles. The van der Waals surface area contributed by atoms with Crippen LogP contribution in [0.4, 0.5) is 0 Å². The number of amides is 2. The van der Waals surface area contributed by atoms with Gasteiger partial charge in [-0.05, 0) is 12.1 Å². The molecule has 1 aromatic rings. The van der Waals surface area contributed by atoms with E-state index in [9.17, 15) is 9.59 Å². The number of aromatic nitrogens is 1. The van der Waals surface area contributed by atoms with Crippen molar-refractivity contribution >= 4 is 11.8 Å². The van der Waals surface area contributed by atoms with Crippen LogP contribution in [0.15, 0.2) is 24.5 Å². The zero-order chi connectivity index (χ0) is 13.7. The maximum Gasteiger partial charge on any atom is 0.252 e. The van der Waals surface area contributed by atoms with Crippen molar-refractivity contribution in [3.05, 3.63) is 30.1 Å². The van der Waals surface area contributed by atoms with Gasteiger partial charge in [-0.25, -0.2) is 0 Å². The Morgan fingerprint density at radius 2 is 2.42 bits per heavy atom. The Labute approximate surface area is 111 Å². The molecule has 1 unspecified atom stereocenters. The van der Waals surface area contributed by atoms with Crippen molar-refractivity contribution in [2.24, 2.45) is 5.92 Å². The van der Waals surface area contributed by atoms with Gasteiger partial charge in [0, 0.05) is 51.0 Å². The number of carbonyl (C=O) groups excluding carboxylic acids is 2. The van der Waals surface area contributed by atoms with Crippen LogP contribution in [-0.2, 0) is 4.79 Å². The van der Waals surface area contributed by atoms with E-state index in [0.29, 0.717) is 31.6 Å². The number of likely N-dealkylation sites (tertiary alicyclic amines) is 1. The first-order valence-corrected chi connectivity index (χ1v) is 6.27. The number of aliphatic hydroxyl groups excluding tert-OH is 1. The molecule has 0 aliphatic carbocycles. The highest BCUT2D eigenvalue weighted by atomic mass is 16.3. The second-order valence-corrected chi connectivity index (χ2v) is 4.59. The van der Waals surface area contributed by atoms with Gasteiger partial charge in [0.1, 0.15) is 0 Å². The molecule has 1 fully saturated rings. The van der Waals surface area contributed by atoms with Gasteiger partial charge in [-0.3, -0.25) is 14.6 Å². The Morgan fingerprint density at radius 3 is 3.05 bits per heavy atom. The molecule has 0 bridgehead atoms. The van der Waals surface area contributed by atoms with Gasteiger partial charge in [0.05, 0.1) is 5.56 Å². The summed E-state index contributed by atoms with van der Waals surface area (Å²) in [6.07, 6.45) is 3.50. The van der Waals surface area contributed by atoms with Crippen LogP contribution in [0.1, 0.15) is 16.8 Å². The lowest BCUT2D eigenvalue weighted by Gasteiger charge is -2.16. The van der Waals surface area contributed by atoms with Crippen LogP contribution in [0.25, 0.3) is 0 Å². The molecule has 1 saturated heterocycles.